The summed E-state index contributed by atoms with van der Waals surface area (Å²) in [5, 5.41) is 9.33. The third-order valence-electron chi connectivity index (χ3n) is 5.11. The van der Waals surface area contributed by atoms with Crippen LogP contribution in [0.3, 0.4) is 0 Å². The van der Waals surface area contributed by atoms with Gasteiger partial charge in [0.25, 0.3) is 0 Å². The minimum Gasteiger partial charge on any atom is -0.259 e. The Bertz CT molecular complexity index is 1060. The maximum atomic E-state index is 9.33. The number of hydrogen-bond donors (Lipinski definition) is 0. The number of nitriles is 1. The maximum Gasteiger partial charge on any atom is 0.101 e. The van der Waals surface area contributed by atoms with Crippen LogP contribution in [-0.2, 0) is 19.3 Å². The molecule has 148 valence electrons. The average molecular weight is 383 g/mol. The molecule has 0 fully saturated rings. The number of pyridine rings is 1. The summed E-state index contributed by atoms with van der Waals surface area (Å²) < 4.78 is 0. The smallest absolute Gasteiger partial charge is 0.101 e. The van der Waals surface area contributed by atoms with Crippen molar-refractivity contribution in [1.82, 2.24) is 4.98 Å². The molecule has 0 N–H and O–H groups in total. The second kappa shape index (κ2) is 10.2. The van der Waals surface area contributed by atoms with Crippen LogP contribution < -0.4 is 0 Å². The lowest BCUT2D eigenvalue weighted by Gasteiger charge is -2.12. The SMILES string of the molecule is C=C=C(CCc1ccccc1)c1cc(C#N)cnc1CCCc1cccc(C)c1.[HH].[HH]. The predicted molar refractivity (Wildman–Crippen MR) is 124 cm³/mol. The van der Waals surface area contributed by atoms with Gasteiger partial charge >= 0.3 is 0 Å². The van der Waals surface area contributed by atoms with Gasteiger partial charge in [-0.1, -0.05) is 66.7 Å². The molecule has 0 saturated carbocycles. The van der Waals surface area contributed by atoms with Crippen molar-refractivity contribution in [2.75, 3.05) is 0 Å². The molecule has 2 aromatic carbocycles. The van der Waals surface area contributed by atoms with Gasteiger partial charge in [0, 0.05) is 25.9 Å². The molecule has 1 aromatic heterocycles. The first-order chi connectivity index (χ1) is 14.2. The van der Waals surface area contributed by atoms with Gasteiger partial charge in [-0.15, -0.1) is 5.73 Å². The van der Waals surface area contributed by atoms with Gasteiger partial charge in [0.05, 0.1) is 5.56 Å². The number of aryl methyl sites for hydroxylation is 4. The molecule has 3 rings (SSSR count). The normalized spacial score (nSPS) is 10.2. The second-order valence-electron chi connectivity index (χ2n) is 7.31. The van der Waals surface area contributed by atoms with E-state index in [-0.39, 0.29) is 2.85 Å². The zero-order valence-corrected chi connectivity index (χ0v) is 17.0. The molecule has 0 atom stereocenters. The molecule has 1 heterocycles. The largest absolute Gasteiger partial charge is 0.259 e. The van der Waals surface area contributed by atoms with E-state index in [4.69, 9.17) is 0 Å². The molecule has 2 nitrogen and oxygen atoms in total. The molecule has 0 aliphatic heterocycles. The van der Waals surface area contributed by atoms with E-state index in [0.717, 1.165) is 48.9 Å². The van der Waals surface area contributed by atoms with Crippen LogP contribution in [0.5, 0.6) is 0 Å². The number of hydrogen-bond acceptors (Lipinski definition) is 2. The van der Waals surface area contributed by atoms with Crippen molar-refractivity contribution in [2.24, 2.45) is 0 Å². The van der Waals surface area contributed by atoms with Crippen molar-refractivity contribution in [3.8, 4) is 6.07 Å². The minimum absolute atomic E-state index is 0. The van der Waals surface area contributed by atoms with E-state index in [2.05, 4.69) is 78.8 Å². The van der Waals surface area contributed by atoms with Gasteiger partial charge in [-0.2, -0.15) is 5.26 Å². The summed E-state index contributed by atoms with van der Waals surface area (Å²) in [5.74, 6) is 0. The molecule has 0 aliphatic rings. The van der Waals surface area contributed by atoms with Crippen LogP contribution in [0.1, 0.15) is 49.2 Å². The van der Waals surface area contributed by atoms with Crippen molar-refractivity contribution < 1.29 is 2.85 Å². The third kappa shape index (κ3) is 5.79. The van der Waals surface area contributed by atoms with Crippen LogP contribution in [-0.4, -0.2) is 4.98 Å². The standard InChI is InChI=1S/C27H26N2.2H2/c1-3-25(16-15-22-10-5-4-6-11-22)26-18-24(19-28)20-29-27(26)14-8-13-23-12-7-9-21(2)17-23;;/h4-7,9-12,17-18,20H,1,8,13-16H2,2H3;2*1H. The summed E-state index contributed by atoms with van der Waals surface area (Å²) in [6.45, 7) is 6.03. The average Bonchev–Trinajstić information content (AvgIpc) is 2.75. The van der Waals surface area contributed by atoms with Gasteiger partial charge < -0.3 is 0 Å². The first-order valence-electron chi connectivity index (χ1n) is 10.1. The van der Waals surface area contributed by atoms with Crippen molar-refractivity contribution in [1.29, 1.82) is 5.26 Å². The van der Waals surface area contributed by atoms with E-state index in [1.54, 1.807) is 6.20 Å². The van der Waals surface area contributed by atoms with Gasteiger partial charge in [0.2, 0.25) is 0 Å². The Balaban J connectivity index is 0.00000240. The Hall–Kier alpha value is -3.40. The van der Waals surface area contributed by atoms with Crippen LogP contribution in [0.4, 0.5) is 0 Å². The molecule has 0 radical (unpaired) electrons. The number of nitrogens with zero attached hydrogens (tertiary/aromatic N) is 2. The molecule has 0 unspecified atom stereocenters. The van der Waals surface area contributed by atoms with Gasteiger partial charge in [-0.25, -0.2) is 0 Å². The number of benzene rings is 2. The highest BCUT2D eigenvalue weighted by atomic mass is 14.7. The highest BCUT2D eigenvalue weighted by molar-refractivity contribution is 5.68. The second-order valence-corrected chi connectivity index (χ2v) is 7.31. The summed E-state index contributed by atoms with van der Waals surface area (Å²) in [6, 6.07) is 23.2. The highest BCUT2D eigenvalue weighted by Crippen LogP contribution is 2.24. The van der Waals surface area contributed by atoms with Gasteiger partial charge in [-0.3, -0.25) is 4.98 Å². The van der Waals surface area contributed by atoms with E-state index in [1.165, 1.54) is 16.7 Å². The van der Waals surface area contributed by atoms with E-state index in [9.17, 15) is 5.26 Å². The molecule has 3 aromatic rings. The van der Waals surface area contributed by atoms with E-state index in [0.29, 0.717) is 5.56 Å². The molecule has 0 bridgehead atoms. The highest BCUT2D eigenvalue weighted by Gasteiger charge is 2.11. The van der Waals surface area contributed by atoms with Crippen molar-refractivity contribution in [3.63, 3.8) is 0 Å². The molecule has 0 amide bonds. The van der Waals surface area contributed by atoms with E-state index < -0.39 is 0 Å². The molecule has 0 spiro atoms. The fourth-order valence-corrected chi connectivity index (χ4v) is 3.57. The van der Waals surface area contributed by atoms with Gasteiger partial charge in [0.15, 0.2) is 0 Å². The summed E-state index contributed by atoms with van der Waals surface area (Å²) in [7, 11) is 0. The third-order valence-corrected chi connectivity index (χ3v) is 5.11. The lowest BCUT2D eigenvalue weighted by molar-refractivity contribution is 0.794. The van der Waals surface area contributed by atoms with Crippen molar-refractivity contribution >= 4 is 5.57 Å². The Morgan fingerprint density at radius 2 is 1.79 bits per heavy atom. The van der Waals surface area contributed by atoms with Crippen LogP contribution >= 0.6 is 0 Å². The first kappa shape index (κ1) is 20.3. The molecule has 2 heteroatoms. The zero-order valence-electron chi connectivity index (χ0n) is 17.0. The van der Waals surface area contributed by atoms with Gasteiger partial charge in [0.1, 0.15) is 6.07 Å². The summed E-state index contributed by atoms with van der Waals surface area (Å²) in [4.78, 5) is 4.61. The van der Waals surface area contributed by atoms with Gasteiger partial charge in [-0.05, 0) is 56.2 Å². The Kier molecular flexibility index (Phi) is 7.17. The lowest BCUT2D eigenvalue weighted by atomic mass is 9.94. The van der Waals surface area contributed by atoms with Crippen LogP contribution in [0, 0.1) is 18.3 Å². The quantitative estimate of drug-likeness (QED) is 0.405. The van der Waals surface area contributed by atoms with Crippen LogP contribution in [0.2, 0.25) is 0 Å². The van der Waals surface area contributed by atoms with E-state index in [1.807, 2.05) is 12.1 Å². The number of allylic oxidation sites excluding steroid dienone is 1. The maximum absolute atomic E-state index is 9.33. The topological polar surface area (TPSA) is 36.7 Å². The zero-order chi connectivity index (χ0) is 20.5. The van der Waals surface area contributed by atoms with Crippen LogP contribution in [0.25, 0.3) is 5.57 Å². The molecular weight excluding hydrogens is 352 g/mol. The molecule has 0 aliphatic carbocycles. The Morgan fingerprint density at radius 1 is 1.00 bits per heavy atom. The Labute approximate surface area is 176 Å². The fourth-order valence-electron chi connectivity index (χ4n) is 3.57. The number of rotatable bonds is 8. The monoisotopic (exact) mass is 382 g/mol. The first-order valence-corrected chi connectivity index (χ1v) is 10.1. The molecule has 29 heavy (non-hydrogen) atoms. The fraction of sp³-hybridized carbons (Fsp3) is 0.222. The van der Waals surface area contributed by atoms with Crippen molar-refractivity contribution in [3.05, 3.63) is 113 Å². The number of aromatic nitrogens is 1. The minimum atomic E-state index is 0. The lowest BCUT2D eigenvalue weighted by Crippen LogP contribution is -2.01. The predicted octanol–water partition coefficient (Wildman–Crippen LogP) is 6.73. The Morgan fingerprint density at radius 3 is 2.52 bits per heavy atom. The summed E-state index contributed by atoms with van der Waals surface area (Å²) >= 11 is 0. The summed E-state index contributed by atoms with van der Waals surface area (Å²) in [6.07, 6.45) is 6.31. The van der Waals surface area contributed by atoms with Crippen LogP contribution in [0.15, 0.2) is 79.2 Å². The van der Waals surface area contributed by atoms with Crippen molar-refractivity contribution in [2.45, 2.75) is 39.0 Å². The molecule has 0 saturated heterocycles. The summed E-state index contributed by atoms with van der Waals surface area (Å²) in [5.41, 5.74) is 10.7. The van der Waals surface area contributed by atoms with E-state index >= 15 is 0 Å². The molecular formula is C27H30N2.